The fourth-order valence-electron chi connectivity index (χ4n) is 2.29. The number of hydrogen-bond acceptors (Lipinski definition) is 3. The maximum absolute atomic E-state index is 12.7. The number of carbonyl (C=O) groups excluding carboxylic acids is 3. The molecule has 3 rings (SSSR count). The average molecular weight is 651 g/mol. The van der Waals surface area contributed by atoms with E-state index in [1.807, 2.05) is 0 Å². The number of nitrogens with zero attached hydrogens (tertiary/aromatic N) is 1. The predicted octanol–water partition coefficient (Wildman–Crippen LogP) is 5.98. The van der Waals surface area contributed by atoms with E-state index in [9.17, 15) is 14.4 Å². The summed E-state index contributed by atoms with van der Waals surface area (Å²) in [6, 6.07) is 4.27. The number of hydrogen-bond donors (Lipinski definition) is 1. The van der Waals surface area contributed by atoms with Crippen molar-refractivity contribution in [2.75, 3.05) is 0 Å². The van der Waals surface area contributed by atoms with Crippen molar-refractivity contribution in [2.45, 2.75) is 0 Å². The van der Waals surface area contributed by atoms with E-state index in [-0.39, 0.29) is 21.7 Å². The molecule has 0 radical (unpaired) electrons. The van der Waals surface area contributed by atoms with Crippen LogP contribution in [0.3, 0.4) is 0 Å². The van der Waals surface area contributed by atoms with E-state index in [1.54, 1.807) is 0 Å². The van der Waals surface area contributed by atoms with E-state index in [4.69, 9.17) is 23.2 Å². The molecule has 0 fully saturated rings. The summed E-state index contributed by atoms with van der Waals surface area (Å²) < 4.78 is 1.89. The van der Waals surface area contributed by atoms with Crippen LogP contribution in [-0.4, -0.2) is 22.7 Å². The van der Waals surface area contributed by atoms with Crippen molar-refractivity contribution in [1.82, 2.24) is 10.4 Å². The summed E-state index contributed by atoms with van der Waals surface area (Å²) in [4.78, 5) is 37.8. The molecule has 0 unspecified atom stereocenters. The minimum absolute atomic E-state index is 0.0770. The first-order valence-corrected chi connectivity index (χ1v) is 10.6. The third-order valence-electron chi connectivity index (χ3n) is 3.49. The monoisotopic (exact) mass is 646 g/mol. The summed E-state index contributed by atoms with van der Waals surface area (Å²) in [6.45, 7) is 0. The third kappa shape index (κ3) is 3.27. The first-order valence-electron chi connectivity index (χ1n) is 6.66. The third-order valence-corrected chi connectivity index (χ3v) is 8.81. The van der Waals surface area contributed by atoms with Crippen LogP contribution >= 0.6 is 86.9 Å². The minimum atomic E-state index is -0.716. The van der Waals surface area contributed by atoms with Gasteiger partial charge in [-0.15, -0.1) is 0 Å². The highest BCUT2D eigenvalue weighted by Crippen LogP contribution is 2.45. The fraction of sp³-hybridized carbons (Fsp3) is 0. The molecule has 26 heavy (non-hydrogen) atoms. The Morgan fingerprint density at radius 1 is 0.885 bits per heavy atom. The Bertz CT molecular complexity index is 966. The number of carbonyl (C=O) groups is 3. The van der Waals surface area contributed by atoms with Crippen LogP contribution in [-0.2, 0) is 0 Å². The Kier molecular flexibility index (Phi) is 5.87. The highest BCUT2D eigenvalue weighted by Gasteiger charge is 2.42. The van der Waals surface area contributed by atoms with Gasteiger partial charge in [0.25, 0.3) is 17.7 Å². The Morgan fingerprint density at radius 3 is 1.85 bits per heavy atom. The van der Waals surface area contributed by atoms with E-state index >= 15 is 0 Å². The molecule has 0 aromatic heterocycles. The van der Waals surface area contributed by atoms with Gasteiger partial charge >= 0.3 is 0 Å². The van der Waals surface area contributed by atoms with Gasteiger partial charge in [0.15, 0.2) is 0 Å². The lowest BCUT2D eigenvalue weighted by atomic mass is 10.1. The second-order valence-corrected chi connectivity index (χ2v) is 9.03. The van der Waals surface area contributed by atoms with E-state index < -0.39 is 17.7 Å². The normalized spacial score (nSPS) is 13.2. The van der Waals surface area contributed by atoms with Crippen LogP contribution in [0.2, 0.25) is 10.0 Å². The molecule has 3 amide bonds. The smallest absolute Gasteiger partial charge is 0.267 e. The molecular weight excluding hydrogens is 647 g/mol. The van der Waals surface area contributed by atoms with Crippen molar-refractivity contribution in [2.24, 2.45) is 0 Å². The quantitative estimate of drug-likeness (QED) is 0.247. The van der Waals surface area contributed by atoms with E-state index in [2.05, 4.69) is 69.1 Å². The van der Waals surface area contributed by atoms with E-state index in [0.717, 1.165) is 0 Å². The molecule has 134 valence electrons. The van der Waals surface area contributed by atoms with Crippen molar-refractivity contribution in [3.05, 3.63) is 62.8 Å². The molecule has 2 aromatic rings. The maximum atomic E-state index is 12.7. The van der Waals surface area contributed by atoms with E-state index in [0.29, 0.717) is 27.9 Å². The number of nitrogens with one attached hydrogen (secondary N) is 1. The maximum Gasteiger partial charge on any atom is 0.281 e. The summed E-state index contributed by atoms with van der Waals surface area (Å²) in [7, 11) is 0. The number of halogens is 6. The second-order valence-electron chi connectivity index (χ2n) is 5.02. The molecule has 0 aliphatic carbocycles. The lowest BCUT2D eigenvalue weighted by molar-refractivity contribution is 0.0517. The molecule has 1 aliphatic heterocycles. The highest BCUT2D eigenvalue weighted by molar-refractivity contribution is 9.15. The largest absolute Gasteiger partial charge is 0.281 e. The number of benzene rings is 2. The van der Waals surface area contributed by atoms with Crippen molar-refractivity contribution in [3.63, 3.8) is 0 Å². The van der Waals surface area contributed by atoms with Gasteiger partial charge in [0.2, 0.25) is 0 Å². The summed E-state index contributed by atoms with van der Waals surface area (Å²) in [6.07, 6.45) is 0. The average Bonchev–Trinajstić information content (AvgIpc) is 2.82. The zero-order chi connectivity index (χ0) is 19.3. The molecular formula is C15H4Br4Cl2N2O3. The number of amides is 3. The zero-order valence-electron chi connectivity index (χ0n) is 12.2. The zero-order valence-corrected chi connectivity index (χ0v) is 20.0. The van der Waals surface area contributed by atoms with Gasteiger partial charge in [-0.25, -0.2) is 0 Å². The van der Waals surface area contributed by atoms with Crippen LogP contribution in [0, 0.1) is 0 Å². The lowest BCUT2D eigenvalue weighted by Crippen LogP contribution is -2.46. The molecule has 2 aromatic carbocycles. The molecule has 0 bridgehead atoms. The number of fused-ring (bicyclic) bond motifs is 1. The van der Waals surface area contributed by atoms with Crippen molar-refractivity contribution >= 4 is 105 Å². The molecule has 1 N–H and O–H groups in total. The number of imide groups is 1. The first kappa shape index (κ1) is 20.3. The molecule has 11 heteroatoms. The molecule has 1 aliphatic rings. The summed E-state index contributed by atoms with van der Waals surface area (Å²) in [5.74, 6) is -2.07. The minimum Gasteiger partial charge on any atom is -0.267 e. The predicted molar refractivity (Wildman–Crippen MR) is 112 cm³/mol. The molecule has 0 spiro atoms. The SMILES string of the molecule is O=C(NN1C(=O)c2c(Br)c(Br)c(Br)c(Br)c2C1=O)c1ccc(Cl)cc1Cl. The summed E-state index contributed by atoms with van der Waals surface area (Å²) in [5, 5.41) is 1.10. The van der Waals surface area contributed by atoms with Gasteiger partial charge in [0.05, 0.1) is 21.7 Å². The van der Waals surface area contributed by atoms with Crippen molar-refractivity contribution in [1.29, 1.82) is 0 Å². The highest BCUT2D eigenvalue weighted by atomic mass is 79.9. The van der Waals surface area contributed by atoms with Gasteiger partial charge in [0.1, 0.15) is 0 Å². The van der Waals surface area contributed by atoms with Crippen molar-refractivity contribution in [3.8, 4) is 0 Å². The topological polar surface area (TPSA) is 66.5 Å². The van der Waals surface area contributed by atoms with Gasteiger partial charge < -0.3 is 0 Å². The van der Waals surface area contributed by atoms with Gasteiger partial charge in [-0.2, -0.15) is 5.01 Å². The van der Waals surface area contributed by atoms with E-state index in [1.165, 1.54) is 18.2 Å². The van der Waals surface area contributed by atoms with Gasteiger partial charge in [-0.1, -0.05) is 23.2 Å². The summed E-state index contributed by atoms with van der Waals surface area (Å²) in [5.41, 5.74) is 2.62. The van der Waals surface area contributed by atoms with Crippen LogP contribution in [0.4, 0.5) is 0 Å². The molecule has 1 heterocycles. The van der Waals surface area contributed by atoms with Crippen LogP contribution in [0.15, 0.2) is 36.1 Å². The molecule has 0 atom stereocenters. The molecule has 5 nitrogen and oxygen atoms in total. The van der Waals surface area contributed by atoms with Gasteiger partial charge in [-0.05, 0) is 81.9 Å². The number of hydrazine groups is 1. The summed E-state index contributed by atoms with van der Waals surface area (Å²) >= 11 is 25.1. The number of rotatable bonds is 2. The van der Waals surface area contributed by atoms with Gasteiger partial charge in [-0.3, -0.25) is 19.8 Å². The Hall–Kier alpha value is -0.450. The van der Waals surface area contributed by atoms with Gasteiger partial charge in [0, 0.05) is 22.9 Å². The molecule has 0 saturated carbocycles. The first-order chi connectivity index (χ1) is 12.1. The lowest BCUT2D eigenvalue weighted by Gasteiger charge is -2.15. The van der Waals surface area contributed by atoms with Crippen LogP contribution in [0.25, 0.3) is 0 Å². The second kappa shape index (κ2) is 7.52. The molecule has 0 saturated heterocycles. The van der Waals surface area contributed by atoms with Crippen LogP contribution < -0.4 is 5.43 Å². The Morgan fingerprint density at radius 2 is 1.38 bits per heavy atom. The standard InChI is InChI=1S/C15H4Br4Cl2N2O3/c16-9-7-8(10(17)12(19)11(9)18)15(26)23(14(7)25)22-13(24)5-2-1-4(20)3-6(5)21/h1-3H,(H,22,24). The Labute approximate surface area is 190 Å². The van der Waals surface area contributed by atoms with Crippen LogP contribution in [0.1, 0.15) is 31.1 Å². The van der Waals surface area contributed by atoms with Crippen molar-refractivity contribution < 1.29 is 14.4 Å². The fourth-order valence-corrected chi connectivity index (χ4v) is 5.24. The van der Waals surface area contributed by atoms with Crippen LogP contribution in [0.5, 0.6) is 0 Å². The Balaban J connectivity index is 2.00.